The summed E-state index contributed by atoms with van der Waals surface area (Å²) in [5.41, 5.74) is 10.2. The number of H-pyrrole nitrogens is 1. The molecule has 0 spiro atoms. The van der Waals surface area contributed by atoms with E-state index in [-0.39, 0.29) is 11.5 Å². The number of hydrogen-bond acceptors (Lipinski definition) is 4. The average Bonchev–Trinajstić information content (AvgIpc) is 2.88. The van der Waals surface area contributed by atoms with Crippen LogP contribution in [-0.2, 0) is 0 Å². The van der Waals surface area contributed by atoms with Gasteiger partial charge in [0.1, 0.15) is 5.82 Å². The maximum Gasteiger partial charge on any atom is 0.260 e. The van der Waals surface area contributed by atoms with Gasteiger partial charge >= 0.3 is 0 Å². The van der Waals surface area contributed by atoms with Gasteiger partial charge in [-0.05, 0) is 86.4 Å². The summed E-state index contributed by atoms with van der Waals surface area (Å²) in [4.78, 5) is 25.5. The van der Waals surface area contributed by atoms with Crippen molar-refractivity contribution in [1.29, 1.82) is 0 Å². The molecule has 1 aliphatic rings. The van der Waals surface area contributed by atoms with Crippen molar-refractivity contribution >= 4 is 23.1 Å². The Kier molecular flexibility index (Phi) is 8.15. The minimum atomic E-state index is -0.170. The first-order valence-corrected chi connectivity index (χ1v) is 13.7. The first-order chi connectivity index (χ1) is 18.1. The third-order valence-electron chi connectivity index (χ3n) is 7.69. The normalized spacial score (nSPS) is 17.9. The van der Waals surface area contributed by atoms with Gasteiger partial charge in [0.15, 0.2) is 0 Å². The quantitative estimate of drug-likeness (QED) is 0.315. The summed E-state index contributed by atoms with van der Waals surface area (Å²) in [5, 5.41) is 3.82. The zero-order chi connectivity index (χ0) is 27.6. The molecule has 0 saturated carbocycles. The highest BCUT2D eigenvalue weighted by molar-refractivity contribution is 5.95. The van der Waals surface area contributed by atoms with Gasteiger partial charge in [-0.1, -0.05) is 69.2 Å². The van der Waals surface area contributed by atoms with E-state index in [0.29, 0.717) is 28.6 Å². The van der Waals surface area contributed by atoms with Gasteiger partial charge in [-0.15, -0.1) is 0 Å². The van der Waals surface area contributed by atoms with E-state index in [1.807, 2.05) is 18.3 Å². The summed E-state index contributed by atoms with van der Waals surface area (Å²) >= 11 is 0. The van der Waals surface area contributed by atoms with E-state index in [0.717, 1.165) is 24.0 Å². The number of nitrogens with one attached hydrogen (secondary N) is 2. The lowest BCUT2D eigenvalue weighted by atomic mass is 9.88. The van der Waals surface area contributed by atoms with Gasteiger partial charge in [-0.2, -0.15) is 0 Å². The van der Waals surface area contributed by atoms with Crippen LogP contribution in [0, 0.1) is 19.8 Å². The number of para-hydroxylation sites is 1. The molecule has 2 aromatic carbocycles. The number of hydrogen-bond donors (Lipinski definition) is 2. The fraction of sp³-hybridized carbons (Fsp3) is 0.364. The zero-order valence-electron chi connectivity index (χ0n) is 24.0. The number of aromatic amines is 1. The number of fused-ring (bicyclic) bond motifs is 1. The number of benzene rings is 2. The van der Waals surface area contributed by atoms with Gasteiger partial charge in [0.05, 0.1) is 10.9 Å². The van der Waals surface area contributed by atoms with Crippen LogP contribution in [0.2, 0.25) is 0 Å². The predicted octanol–water partition coefficient (Wildman–Crippen LogP) is 8.37. The van der Waals surface area contributed by atoms with Gasteiger partial charge in [-0.25, -0.2) is 9.98 Å². The number of aromatic nitrogens is 2. The van der Waals surface area contributed by atoms with Gasteiger partial charge in [0, 0.05) is 17.7 Å². The summed E-state index contributed by atoms with van der Waals surface area (Å²) in [6.07, 6.45) is 8.40. The minimum Gasteiger partial charge on any atom is -0.311 e. The molecule has 38 heavy (non-hydrogen) atoms. The van der Waals surface area contributed by atoms with Crippen LogP contribution in [0.3, 0.4) is 0 Å². The van der Waals surface area contributed by atoms with E-state index in [2.05, 4.69) is 101 Å². The second-order valence-electron chi connectivity index (χ2n) is 10.6. The maximum absolute atomic E-state index is 13.1. The van der Waals surface area contributed by atoms with Crippen LogP contribution in [0.5, 0.6) is 0 Å². The number of rotatable bonds is 7. The first-order valence-electron chi connectivity index (χ1n) is 13.7. The number of aryl methyl sites for hydroxylation is 2. The molecular formula is C33H40N4O. The van der Waals surface area contributed by atoms with Gasteiger partial charge in [-0.3, -0.25) is 9.78 Å². The lowest BCUT2D eigenvalue weighted by Crippen LogP contribution is -2.16. The predicted molar refractivity (Wildman–Crippen MR) is 162 cm³/mol. The van der Waals surface area contributed by atoms with E-state index >= 15 is 0 Å². The van der Waals surface area contributed by atoms with Crippen LogP contribution in [0.15, 0.2) is 74.8 Å². The standard InChI is InChI=1S/C33H40N4O/c1-9-19(3)14-21(5)25-15-23(7)30(24(8)16-25)26-12-11-13-27-31(26)36-33(37-32(27)38)35-29-17-22(6)28(18-34-29)20(4)10-2/h11-18,21-22H,9-10H2,1-8H3,(H2,35,36,37,38)/b19-14-,28-20+. The highest BCUT2D eigenvalue weighted by Crippen LogP contribution is 2.35. The second kappa shape index (κ2) is 11.3. The van der Waals surface area contributed by atoms with E-state index in [9.17, 15) is 4.79 Å². The highest BCUT2D eigenvalue weighted by Gasteiger charge is 2.17. The van der Waals surface area contributed by atoms with Crippen molar-refractivity contribution < 1.29 is 0 Å². The van der Waals surface area contributed by atoms with Gasteiger partial charge < -0.3 is 5.32 Å². The smallest absolute Gasteiger partial charge is 0.260 e. The van der Waals surface area contributed by atoms with E-state index in [1.165, 1.54) is 33.4 Å². The molecule has 0 aliphatic carbocycles. The van der Waals surface area contributed by atoms with Crippen molar-refractivity contribution in [2.45, 2.75) is 74.1 Å². The lowest BCUT2D eigenvalue weighted by molar-refractivity contribution is 0.851. The molecule has 3 aromatic rings. The van der Waals surface area contributed by atoms with Crippen molar-refractivity contribution in [3.63, 3.8) is 0 Å². The molecule has 2 atom stereocenters. The summed E-state index contributed by atoms with van der Waals surface area (Å²) in [6, 6.07) is 10.4. The van der Waals surface area contributed by atoms with Gasteiger partial charge in [0.25, 0.3) is 5.56 Å². The SMILES string of the molecule is CC/C(C)=C\C(C)c1cc(C)c(-c2cccc3c(=O)[nH]c(NC4=CC(C)/C(=C(\C)CC)C=N4)nc23)c(C)c1. The molecule has 2 N–H and O–H groups in total. The Labute approximate surface area is 226 Å². The number of allylic oxidation sites excluding steroid dienone is 5. The molecule has 5 nitrogen and oxygen atoms in total. The molecule has 0 bridgehead atoms. The fourth-order valence-corrected chi connectivity index (χ4v) is 5.27. The van der Waals surface area contributed by atoms with E-state index in [1.54, 1.807) is 0 Å². The summed E-state index contributed by atoms with van der Waals surface area (Å²) in [5.74, 6) is 1.66. The molecular weight excluding hydrogens is 468 g/mol. The Bertz CT molecular complexity index is 1530. The van der Waals surface area contributed by atoms with Crippen molar-refractivity contribution in [3.05, 3.63) is 92.1 Å². The molecule has 0 radical (unpaired) electrons. The Balaban J connectivity index is 1.76. The Morgan fingerprint density at radius 3 is 2.47 bits per heavy atom. The number of anilines is 1. The van der Waals surface area contributed by atoms with Crippen LogP contribution < -0.4 is 10.9 Å². The Morgan fingerprint density at radius 2 is 1.84 bits per heavy atom. The van der Waals surface area contributed by atoms with Crippen LogP contribution in [0.1, 0.15) is 77.0 Å². The molecule has 2 heterocycles. The van der Waals surface area contributed by atoms with Crippen molar-refractivity contribution in [1.82, 2.24) is 9.97 Å². The molecule has 0 saturated heterocycles. The molecule has 0 amide bonds. The molecule has 198 valence electrons. The monoisotopic (exact) mass is 508 g/mol. The van der Waals surface area contributed by atoms with Crippen LogP contribution >= 0.6 is 0 Å². The summed E-state index contributed by atoms with van der Waals surface area (Å²) in [7, 11) is 0. The Morgan fingerprint density at radius 1 is 1.13 bits per heavy atom. The van der Waals surface area contributed by atoms with E-state index < -0.39 is 0 Å². The van der Waals surface area contributed by atoms with Crippen molar-refractivity contribution in [2.75, 3.05) is 5.32 Å². The first kappa shape index (κ1) is 27.3. The molecule has 1 aliphatic heterocycles. The minimum absolute atomic E-state index is 0.170. The number of nitrogens with zero attached hydrogens (tertiary/aromatic N) is 2. The van der Waals surface area contributed by atoms with Crippen LogP contribution in [0.25, 0.3) is 22.0 Å². The maximum atomic E-state index is 13.1. The summed E-state index contributed by atoms with van der Waals surface area (Å²) in [6.45, 7) is 17.4. The second-order valence-corrected chi connectivity index (χ2v) is 10.6. The van der Waals surface area contributed by atoms with E-state index in [4.69, 9.17) is 4.98 Å². The van der Waals surface area contributed by atoms with Crippen LogP contribution in [0.4, 0.5) is 5.95 Å². The van der Waals surface area contributed by atoms with Crippen LogP contribution in [-0.4, -0.2) is 16.2 Å². The lowest BCUT2D eigenvalue weighted by Gasteiger charge is -2.19. The largest absolute Gasteiger partial charge is 0.311 e. The van der Waals surface area contributed by atoms with Gasteiger partial charge in [0.2, 0.25) is 5.95 Å². The van der Waals surface area contributed by atoms with Crippen molar-refractivity contribution in [2.24, 2.45) is 10.9 Å². The molecule has 4 rings (SSSR count). The Hall–Kier alpha value is -3.73. The molecule has 1 aromatic heterocycles. The molecule has 5 heteroatoms. The highest BCUT2D eigenvalue weighted by atomic mass is 16.1. The molecule has 0 fully saturated rings. The third kappa shape index (κ3) is 5.57. The third-order valence-corrected chi connectivity index (χ3v) is 7.69. The fourth-order valence-electron chi connectivity index (χ4n) is 5.27. The zero-order valence-corrected chi connectivity index (χ0v) is 24.0. The average molecular weight is 509 g/mol. The summed E-state index contributed by atoms with van der Waals surface area (Å²) < 4.78 is 0. The van der Waals surface area contributed by atoms with Crippen molar-refractivity contribution in [3.8, 4) is 11.1 Å². The number of aliphatic imine (C=N–C) groups is 1. The topological polar surface area (TPSA) is 70.1 Å². The molecule has 2 unspecified atom stereocenters.